The minimum Gasteiger partial charge on any atom is -0.493 e. The molecule has 194 valence electrons. The Bertz CT molecular complexity index is 1440. The maximum Gasteiger partial charge on any atom is 0.294 e. The molecule has 12 heteroatoms. The number of amides is 3. The highest BCUT2D eigenvalue weighted by Crippen LogP contribution is 2.35. The second-order valence-corrected chi connectivity index (χ2v) is 9.38. The third kappa shape index (κ3) is 6.50. The van der Waals surface area contributed by atoms with E-state index in [4.69, 9.17) is 21.1 Å². The average molecular weight is 554 g/mol. The van der Waals surface area contributed by atoms with Gasteiger partial charge in [0.1, 0.15) is 13.2 Å². The van der Waals surface area contributed by atoms with Crippen molar-refractivity contribution in [1.82, 2.24) is 4.90 Å². The van der Waals surface area contributed by atoms with Crippen molar-refractivity contribution in [2.45, 2.75) is 6.61 Å². The number of nitro groups is 1. The van der Waals surface area contributed by atoms with E-state index in [9.17, 15) is 24.5 Å². The fourth-order valence-electron chi connectivity index (χ4n) is 3.48. The van der Waals surface area contributed by atoms with Crippen LogP contribution in [0.5, 0.6) is 11.5 Å². The molecule has 0 bridgehead atoms. The van der Waals surface area contributed by atoms with Crippen molar-refractivity contribution >= 4 is 57.9 Å². The van der Waals surface area contributed by atoms with Crippen LogP contribution < -0.4 is 14.8 Å². The molecule has 1 N–H and O–H groups in total. The van der Waals surface area contributed by atoms with Crippen molar-refractivity contribution in [3.63, 3.8) is 0 Å². The van der Waals surface area contributed by atoms with Crippen LogP contribution in [0, 0.1) is 10.1 Å². The number of hydrogen-bond acceptors (Lipinski definition) is 8. The number of imide groups is 1. The molecule has 4 rings (SSSR count). The van der Waals surface area contributed by atoms with Crippen molar-refractivity contribution in [3.05, 3.63) is 97.9 Å². The molecule has 1 heterocycles. The molecule has 0 aromatic heterocycles. The highest BCUT2D eigenvalue weighted by atomic mass is 35.5. The summed E-state index contributed by atoms with van der Waals surface area (Å²) in [4.78, 5) is 49.1. The van der Waals surface area contributed by atoms with E-state index >= 15 is 0 Å². The van der Waals surface area contributed by atoms with Crippen LogP contribution in [0.15, 0.2) is 71.6 Å². The van der Waals surface area contributed by atoms with E-state index in [0.717, 1.165) is 16.7 Å². The normalized spacial score (nSPS) is 14.1. The predicted molar refractivity (Wildman–Crippen MR) is 143 cm³/mol. The first-order chi connectivity index (χ1) is 18.2. The van der Waals surface area contributed by atoms with Gasteiger partial charge in [-0.15, -0.1) is 0 Å². The van der Waals surface area contributed by atoms with E-state index in [-0.39, 0.29) is 17.2 Å². The van der Waals surface area contributed by atoms with Gasteiger partial charge in [-0.05, 0) is 65.4 Å². The number of thioether (sulfide) groups is 1. The van der Waals surface area contributed by atoms with Crippen molar-refractivity contribution in [2.75, 3.05) is 19.0 Å². The summed E-state index contributed by atoms with van der Waals surface area (Å²) in [6.45, 7) is -0.354. The van der Waals surface area contributed by atoms with Gasteiger partial charge >= 0.3 is 0 Å². The van der Waals surface area contributed by atoms with Gasteiger partial charge in [0.15, 0.2) is 11.5 Å². The first-order valence-corrected chi connectivity index (χ1v) is 12.3. The van der Waals surface area contributed by atoms with Gasteiger partial charge in [0, 0.05) is 22.8 Å². The quantitative estimate of drug-likeness (QED) is 0.209. The summed E-state index contributed by atoms with van der Waals surface area (Å²) < 4.78 is 11.2. The molecule has 0 unspecified atom stereocenters. The van der Waals surface area contributed by atoms with E-state index in [0.29, 0.717) is 33.3 Å². The monoisotopic (exact) mass is 553 g/mol. The van der Waals surface area contributed by atoms with Crippen LogP contribution in [0.4, 0.5) is 16.2 Å². The van der Waals surface area contributed by atoms with Crippen LogP contribution in [0.3, 0.4) is 0 Å². The summed E-state index contributed by atoms with van der Waals surface area (Å²) in [5.41, 5.74) is 1.63. The Kier molecular flexibility index (Phi) is 8.29. The minimum absolute atomic E-state index is 0.0372. The summed E-state index contributed by atoms with van der Waals surface area (Å²) in [5.74, 6) is -0.354. The van der Waals surface area contributed by atoms with Crippen LogP contribution in [0.25, 0.3) is 6.08 Å². The Hall–Kier alpha value is -4.35. The highest BCUT2D eigenvalue weighted by Gasteiger charge is 2.36. The third-order valence-electron chi connectivity index (χ3n) is 5.30. The zero-order chi connectivity index (χ0) is 27.2. The molecule has 1 aliphatic heterocycles. The SMILES string of the molecule is COc1cc(/C=C2/SC(=O)N(CC(=O)Nc3ccc(Cl)cc3)C2=O)ccc1OCc1cccc([N+](=O)[O-])c1. The van der Waals surface area contributed by atoms with Gasteiger partial charge in [-0.1, -0.05) is 29.8 Å². The lowest BCUT2D eigenvalue weighted by atomic mass is 10.1. The number of hydrogen-bond donors (Lipinski definition) is 1. The summed E-state index contributed by atoms with van der Waals surface area (Å²) >= 11 is 6.57. The predicted octanol–water partition coefficient (Wildman–Crippen LogP) is 5.51. The van der Waals surface area contributed by atoms with Crippen molar-refractivity contribution < 1.29 is 28.8 Å². The van der Waals surface area contributed by atoms with E-state index in [1.807, 2.05) is 0 Å². The van der Waals surface area contributed by atoms with Crippen LogP contribution >= 0.6 is 23.4 Å². The van der Waals surface area contributed by atoms with Crippen LogP contribution in [-0.2, 0) is 16.2 Å². The second-order valence-electron chi connectivity index (χ2n) is 7.95. The number of rotatable bonds is 9. The summed E-state index contributed by atoms with van der Waals surface area (Å²) in [6.07, 6.45) is 1.52. The number of non-ortho nitro benzene ring substituents is 1. The number of nitrogens with one attached hydrogen (secondary N) is 1. The standard InChI is InChI=1S/C26H20ClN3O7S/c1-36-22-12-16(5-10-21(22)37-15-17-3-2-4-20(11-17)30(34)35)13-23-25(32)29(26(33)38-23)14-24(31)28-19-8-6-18(27)7-9-19/h2-13H,14-15H2,1H3,(H,28,31)/b23-13+. The molecule has 0 atom stereocenters. The molecule has 10 nitrogen and oxygen atoms in total. The number of nitrogens with zero attached hydrogens (tertiary/aromatic N) is 2. The zero-order valence-corrected chi connectivity index (χ0v) is 21.5. The van der Waals surface area contributed by atoms with Crippen LogP contribution in [-0.4, -0.2) is 40.5 Å². The first kappa shape index (κ1) is 26.7. The summed E-state index contributed by atoms with van der Waals surface area (Å²) in [5, 5.41) is 13.5. The molecular weight excluding hydrogens is 534 g/mol. The number of benzene rings is 3. The van der Waals surface area contributed by atoms with E-state index in [1.165, 1.54) is 25.3 Å². The Morgan fingerprint density at radius 3 is 2.58 bits per heavy atom. The van der Waals surface area contributed by atoms with E-state index in [2.05, 4.69) is 5.32 Å². The van der Waals surface area contributed by atoms with Crippen molar-refractivity contribution in [2.24, 2.45) is 0 Å². The fraction of sp³-hybridized carbons (Fsp3) is 0.115. The van der Waals surface area contributed by atoms with Crippen molar-refractivity contribution in [3.8, 4) is 11.5 Å². The molecule has 1 saturated heterocycles. The molecule has 3 aromatic carbocycles. The Labute approximate surface area is 226 Å². The number of ether oxygens (including phenoxy) is 2. The number of carbonyl (C=O) groups is 3. The van der Waals surface area contributed by atoms with Gasteiger partial charge in [0.25, 0.3) is 16.8 Å². The molecule has 3 amide bonds. The fourth-order valence-corrected chi connectivity index (χ4v) is 4.44. The molecule has 0 saturated carbocycles. The highest BCUT2D eigenvalue weighted by molar-refractivity contribution is 8.18. The van der Waals surface area contributed by atoms with Crippen molar-refractivity contribution in [1.29, 1.82) is 0 Å². The minimum atomic E-state index is -0.587. The largest absolute Gasteiger partial charge is 0.493 e. The van der Waals surface area contributed by atoms with E-state index in [1.54, 1.807) is 54.6 Å². The Morgan fingerprint density at radius 1 is 1.11 bits per heavy atom. The topological polar surface area (TPSA) is 128 Å². The van der Waals surface area contributed by atoms with Gasteiger partial charge < -0.3 is 14.8 Å². The first-order valence-electron chi connectivity index (χ1n) is 11.1. The average Bonchev–Trinajstić information content (AvgIpc) is 3.16. The number of halogens is 1. The zero-order valence-electron chi connectivity index (χ0n) is 19.9. The molecular formula is C26H20ClN3O7S. The lowest BCUT2D eigenvalue weighted by Gasteiger charge is -2.12. The smallest absolute Gasteiger partial charge is 0.294 e. The van der Waals surface area contributed by atoms with Gasteiger partial charge in [0.2, 0.25) is 5.91 Å². The van der Waals surface area contributed by atoms with Crippen LogP contribution in [0.1, 0.15) is 11.1 Å². The number of methoxy groups -OCH3 is 1. The molecule has 1 fully saturated rings. The molecule has 1 aliphatic rings. The van der Waals surface area contributed by atoms with Gasteiger partial charge in [-0.2, -0.15) is 0 Å². The Balaban J connectivity index is 1.42. The third-order valence-corrected chi connectivity index (χ3v) is 6.46. The molecule has 3 aromatic rings. The summed E-state index contributed by atoms with van der Waals surface area (Å²) in [7, 11) is 1.45. The van der Waals surface area contributed by atoms with Gasteiger partial charge in [0.05, 0.1) is 16.9 Å². The molecule has 0 aliphatic carbocycles. The Morgan fingerprint density at radius 2 is 1.87 bits per heavy atom. The number of anilines is 1. The lowest BCUT2D eigenvalue weighted by Crippen LogP contribution is -2.36. The molecule has 0 radical (unpaired) electrons. The van der Waals surface area contributed by atoms with Crippen LogP contribution in [0.2, 0.25) is 5.02 Å². The van der Waals surface area contributed by atoms with Gasteiger partial charge in [-0.25, -0.2) is 0 Å². The number of nitro benzene ring substituents is 1. The molecule has 38 heavy (non-hydrogen) atoms. The van der Waals surface area contributed by atoms with Gasteiger partial charge in [-0.3, -0.25) is 29.4 Å². The molecule has 0 spiro atoms. The number of carbonyl (C=O) groups excluding carboxylic acids is 3. The maximum absolute atomic E-state index is 12.8. The maximum atomic E-state index is 12.8. The summed E-state index contributed by atoms with van der Waals surface area (Å²) in [6, 6.07) is 17.5. The second kappa shape index (κ2) is 11.8. The van der Waals surface area contributed by atoms with E-state index < -0.39 is 28.5 Å². The lowest BCUT2D eigenvalue weighted by molar-refractivity contribution is -0.384.